The Bertz CT molecular complexity index is 689. The average Bonchev–Trinajstić information content (AvgIpc) is 3.06. The summed E-state index contributed by atoms with van der Waals surface area (Å²) < 4.78 is 10.4. The molecule has 7 heteroatoms. The molecule has 2 rings (SSSR count). The summed E-state index contributed by atoms with van der Waals surface area (Å²) >= 11 is 1.71. The maximum atomic E-state index is 5.47. The lowest BCUT2D eigenvalue weighted by molar-refractivity contribution is 0.0698. The number of rotatable bonds is 11. The van der Waals surface area contributed by atoms with Gasteiger partial charge in [-0.3, -0.25) is 0 Å². The van der Waals surface area contributed by atoms with Crippen LogP contribution in [0.15, 0.2) is 35.3 Å². The molecule has 0 amide bonds. The average molecular weight is 391 g/mol. The van der Waals surface area contributed by atoms with Crippen molar-refractivity contribution in [3.8, 4) is 10.6 Å². The van der Waals surface area contributed by atoms with Gasteiger partial charge in [-0.2, -0.15) is 0 Å². The molecule has 0 atom stereocenters. The number of aliphatic imine (C=N–C) groups is 1. The van der Waals surface area contributed by atoms with Crippen LogP contribution >= 0.6 is 11.3 Å². The first kappa shape index (κ1) is 21.3. The zero-order chi connectivity index (χ0) is 19.3. The molecule has 148 valence electrons. The van der Waals surface area contributed by atoms with Crippen molar-refractivity contribution in [2.45, 2.75) is 26.8 Å². The second kappa shape index (κ2) is 12.4. The van der Waals surface area contributed by atoms with E-state index in [1.54, 1.807) is 18.4 Å². The van der Waals surface area contributed by atoms with E-state index in [0.717, 1.165) is 41.7 Å². The van der Waals surface area contributed by atoms with Crippen molar-refractivity contribution >= 4 is 17.3 Å². The number of aryl methyl sites for hydroxylation is 1. The smallest absolute Gasteiger partial charge is 0.191 e. The number of hydrogen-bond acceptors (Lipinski definition) is 5. The molecule has 6 nitrogen and oxygen atoms in total. The van der Waals surface area contributed by atoms with Crippen LogP contribution in [0, 0.1) is 6.92 Å². The summed E-state index contributed by atoms with van der Waals surface area (Å²) in [5.74, 6) is 0.823. The monoisotopic (exact) mass is 390 g/mol. The molecule has 0 fully saturated rings. The van der Waals surface area contributed by atoms with Gasteiger partial charge in [0.05, 0.1) is 25.5 Å². The maximum Gasteiger partial charge on any atom is 0.191 e. The van der Waals surface area contributed by atoms with Crippen molar-refractivity contribution in [2.24, 2.45) is 4.99 Å². The minimum atomic E-state index is 0.621. The van der Waals surface area contributed by atoms with Gasteiger partial charge in [0, 0.05) is 37.2 Å². The molecule has 0 saturated heterocycles. The van der Waals surface area contributed by atoms with Crippen LogP contribution < -0.4 is 10.6 Å². The predicted molar refractivity (Wildman–Crippen MR) is 112 cm³/mol. The highest BCUT2D eigenvalue weighted by atomic mass is 32.1. The van der Waals surface area contributed by atoms with E-state index in [4.69, 9.17) is 19.5 Å². The largest absolute Gasteiger partial charge is 0.382 e. The Morgan fingerprint density at radius 1 is 1.15 bits per heavy atom. The molecule has 0 aliphatic carbocycles. The van der Waals surface area contributed by atoms with E-state index in [1.165, 1.54) is 4.88 Å². The van der Waals surface area contributed by atoms with Crippen LogP contribution in [0.25, 0.3) is 10.6 Å². The van der Waals surface area contributed by atoms with Crippen LogP contribution in [0.1, 0.15) is 23.9 Å². The summed E-state index contributed by atoms with van der Waals surface area (Å²) in [6, 6.07) is 10.3. The highest BCUT2D eigenvalue weighted by molar-refractivity contribution is 7.15. The molecule has 27 heavy (non-hydrogen) atoms. The van der Waals surface area contributed by atoms with Gasteiger partial charge >= 0.3 is 0 Å². The Kier molecular flexibility index (Phi) is 9.83. The van der Waals surface area contributed by atoms with Crippen LogP contribution in [-0.4, -0.2) is 51.0 Å². The van der Waals surface area contributed by atoms with Gasteiger partial charge in [-0.15, -0.1) is 11.3 Å². The first-order valence-electron chi connectivity index (χ1n) is 9.35. The number of nitrogens with one attached hydrogen (secondary N) is 2. The zero-order valence-corrected chi connectivity index (χ0v) is 17.3. The molecule has 1 aromatic carbocycles. The van der Waals surface area contributed by atoms with Crippen molar-refractivity contribution in [2.75, 3.05) is 40.0 Å². The van der Waals surface area contributed by atoms with Crippen molar-refractivity contribution in [1.29, 1.82) is 0 Å². The highest BCUT2D eigenvalue weighted by Crippen LogP contribution is 2.28. The number of hydrogen-bond donors (Lipinski definition) is 2. The Morgan fingerprint density at radius 3 is 2.70 bits per heavy atom. The quantitative estimate of drug-likeness (QED) is 0.350. The zero-order valence-electron chi connectivity index (χ0n) is 16.5. The van der Waals surface area contributed by atoms with E-state index in [9.17, 15) is 0 Å². The number of thiazole rings is 1. The summed E-state index contributed by atoms with van der Waals surface area (Å²) in [5.41, 5.74) is 2.20. The Hall–Kier alpha value is -1.96. The summed E-state index contributed by atoms with van der Waals surface area (Å²) in [7, 11) is 1.68. The molecule has 2 aromatic rings. The van der Waals surface area contributed by atoms with Gasteiger partial charge in [0.1, 0.15) is 5.01 Å². The Balaban J connectivity index is 1.86. The number of ether oxygens (including phenoxy) is 2. The van der Waals surface area contributed by atoms with Crippen LogP contribution in [0.5, 0.6) is 0 Å². The molecule has 1 heterocycles. The summed E-state index contributed by atoms with van der Waals surface area (Å²) in [4.78, 5) is 10.6. The Morgan fingerprint density at radius 2 is 1.96 bits per heavy atom. The normalized spacial score (nSPS) is 11.6. The predicted octanol–water partition coefficient (Wildman–Crippen LogP) is 3.23. The minimum absolute atomic E-state index is 0.621. The van der Waals surface area contributed by atoms with E-state index < -0.39 is 0 Å². The lowest BCUT2D eigenvalue weighted by Gasteiger charge is -2.11. The molecular formula is C20H30N4O2S. The van der Waals surface area contributed by atoms with Crippen LogP contribution in [0.2, 0.25) is 0 Å². The SMILES string of the molecule is CCNC(=NCc1sc(-c2ccccc2)nc1C)NCCCOCCOC. The lowest BCUT2D eigenvalue weighted by atomic mass is 10.2. The number of nitrogens with zero attached hydrogens (tertiary/aromatic N) is 2. The van der Waals surface area contributed by atoms with E-state index in [0.29, 0.717) is 26.4 Å². The summed E-state index contributed by atoms with van der Waals surface area (Å²) in [6.07, 6.45) is 0.922. The Labute approximate surface area is 166 Å². The molecule has 0 radical (unpaired) electrons. The van der Waals surface area contributed by atoms with Gasteiger partial charge in [-0.25, -0.2) is 9.98 Å². The molecular weight excluding hydrogens is 360 g/mol. The summed E-state index contributed by atoms with van der Waals surface area (Å²) in [5, 5.41) is 7.68. The van der Waals surface area contributed by atoms with Gasteiger partial charge in [0.25, 0.3) is 0 Å². The third-order valence-corrected chi connectivity index (χ3v) is 5.02. The first-order chi connectivity index (χ1) is 13.2. The van der Waals surface area contributed by atoms with Crippen LogP contribution in [0.3, 0.4) is 0 Å². The van der Waals surface area contributed by atoms with Crippen LogP contribution in [0.4, 0.5) is 0 Å². The van der Waals surface area contributed by atoms with Gasteiger partial charge in [0.2, 0.25) is 0 Å². The molecule has 0 bridgehead atoms. The topological polar surface area (TPSA) is 67.8 Å². The molecule has 0 saturated carbocycles. The summed E-state index contributed by atoms with van der Waals surface area (Å²) in [6.45, 7) is 8.36. The van der Waals surface area contributed by atoms with Crippen molar-refractivity contribution in [3.05, 3.63) is 40.9 Å². The molecule has 0 spiro atoms. The van der Waals surface area contributed by atoms with Crippen molar-refractivity contribution in [1.82, 2.24) is 15.6 Å². The molecule has 0 aliphatic heterocycles. The second-order valence-corrected chi connectivity index (χ2v) is 7.06. The van der Waals surface area contributed by atoms with E-state index in [1.807, 2.05) is 25.1 Å². The molecule has 1 aromatic heterocycles. The first-order valence-corrected chi connectivity index (χ1v) is 10.2. The van der Waals surface area contributed by atoms with Crippen LogP contribution in [-0.2, 0) is 16.0 Å². The molecule has 2 N–H and O–H groups in total. The van der Waals surface area contributed by atoms with E-state index in [2.05, 4.69) is 29.7 Å². The number of benzene rings is 1. The number of aromatic nitrogens is 1. The van der Waals surface area contributed by atoms with Gasteiger partial charge in [-0.1, -0.05) is 30.3 Å². The van der Waals surface area contributed by atoms with Gasteiger partial charge in [0.15, 0.2) is 5.96 Å². The third kappa shape index (κ3) is 7.66. The third-order valence-electron chi connectivity index (χ3n) is 3.83. The fraction of sp³-hybridized carbons (Fsp3) is 0.500. The fourth-order valence-electron chi connectivity index (χ4n) is 2.40. The minimum Gasteiger partial charge on any atom is -0.382 e. The maximum absolute atomic E-state index is 5.47. The lowest BCUT2D eigenvalue weighted by Crippen LogP contribution is -2.38. The van der Waals surface area contributed by atoms with Gasteiger partial charge in [-0.05, 0) is 20.3 Å². The number of guanidine groups is 1. The number of methoxy groups -OCH3 is 1. The second-order valence-electron chi connectivity index (χ2n) is 5.97. The fourth-order valence-corrected chi connectivity index (χ4v) is 3.39. The van der Waals surface area contributed by atoms with Crippen molar-refractivity contribution in [3.63, 3.8) is 0 Å². The molecule has 0 aliphatic rings. The van der Waals surface area contributed by atoms with E-state index >= 15 is 0 Å². The highest BCUT2D eigenvalue weighted by Gasteiger charge is 2.09. The standard InChI is InChI=1S/C20H30N4O2S/c1-4-21-20(22-11-8-12-26-14-13-25-3)23-15-18-16(2)24-19(27-18)17-9-6-5-7-10-17/h5-7,9-10H,4,8,11-15H2,1-3H3,(H2,21,22,23). The van der Waals surface area contributed by atoms with E-state index in [-0.39, 0.29) is 0 Å². The van der Waals surface area contributed by atoms with Gasteiger partial charge < -0.3 is 20.1 Å². The molecule has 0 unspecified atom stereocenters. The van der Waals surface area contributed by atoms with Crippen molar-refractivity contribution < 1.29 is 9.47 Å².